The quantitative estimate of drug-likeness (QED) is 0.880. The lowest BCUT2D eigenvalue weighted by molar-refractivity contribution is 0.106. The molecule has 144 valence electrons. The molecule has 4 rings (SSSR count). The highest BCUT2D eigenvalue weighted by atomic mass is 15.3. The maximum atomic E-state index is 4.70. The molecule has 0 radical (unpaired) electrons. The van der Waals surface area contributed by atoms with Gasteiger partial charge in [0.1, 0.15) is 5.82 Å². The number of likely N-dealkylation sites (tertiary alicyclic amines) is 1. The molecule has 0 unspecified atom stereocenters. The van der Waals surface area contributed by atoms with E-state index in [1.165, 1.54) is 44.5 Å². The van der Waals surface area contributed by atoms with Crippen molar-refractivity contribution >= 4 is 11.8 Å². The van der Waals surface area contributed by atoms with Crippen LogP contribution in [0.15, 0.2) is 36.4 Å². The minimum absolute atomic E-state index is 0.424. The van der Waals surface area contributed by atoms with E-state index in [0.717, 1.165) is 37.0 Å². The van der Waals surface area contributed by atoms with Crippen LogP contribution in [0.25, 0.3) is 0 Å². The van der Waals surface area contributed by atoms with Crippen molar-refractivity contribution in [3.8, 4) is 0 Å². The van der Waals surface area contributed by atoms with E-state index in [1.807, 2.05) is 14.0 Å². The van der Waals surface area contributed by atoms with Gasteiger partial charge in [-0.3, -0.25) is 0 Å². The zero-order chi connectivity index (χ0) is 18.7. The highest BCUT2D eigenvalue weighted by Gasteiger charge is 2.41. The molecule has 2 aromatic rings. The number of anilines is 2. The van der Waals surface area contributed by atoms with Crippen molar-refractivity contribution in [3.63, 3.8) is 0 Å². The van der Waals surface area contributed by atoms with Gasteiger partial charge in [-0.2, -0.15) is 4.98 Å². The molecule has 1 spiro atoms. The second-order valence-electron chi connectivity index (χ2n) is 8.23. The highest BCUT2D eigenvalue weighted by molar-refractivity contribution is 5.46. The Hall–Kier alpha value is -2.14. The van der Waals surface area contributed by atoms with E-state index in [2.05, 4.69) is 56.5 Å². The molecule has 0 saturated carbocycles. The molecule has 1 aromatic heterocycles. The maximum absolute atomic E-state index is 4.70. The van der Waals surface area contributed by atoms with Crippen LogP contribution < -0.4 is 10.2 Å². The Labute approximate surface area is 162 Å². The molecule has 2 aliphatic heterocycles. The number of aromatic nitrogens is 2. The van der Waals surface area contributed by atoms with E-state index in [-0.39, 0.29) is 0 Å². The topological polar surface area (TPSA) is 44.3 Å². The number of benzene rings is 1. The maximum Gasteiger partial charge on any atom is 0.224 e. The van der Waals surface area contributed by atoms with Crippen LogP contribution in [-0.2, 0) is 6.42 Å². The summed E-state index contributed by atoms with van der Waals surface area (Å²) in [6, 6.07) is 13.0. The zero-order valence-electron chi connectivity index (χ0n) is 16.6. The molecule has 1 aromatic carbocycles. The standard InChI is InChI=1S/C22H31N5/c1-18-15-20(25-21(23-2)24-18)27-14-11-22(17-27)10-6-12-26(16-22)13-9-19-7-4-3-5-8-19/h3-5,7-8,15H,6,9-14,16-17H2,1-2H3,(H,23,24,25)/t22-/m1/s1. The summed E-state index contributed by atoms with van der Waals surface area (Å²) < 4.78 is 0. The van der Waals surface area contributed by atoms with Gasteiger partial charge in [0, 0.05) is 50.4 Å². The molecule has 2 aliphatic rings. The van der Waals surface area contributed by atoms with Crippen molar-refractivity contribution in [2.24, 2.45) is 5.41 Å². The van der Waals surface area contributed by atoms with E-state index < -0.39 is 0 Å². The summed E-state index contributed by atoms with van der Waals surface area (Å²) in [7, 11) is 1.88. The molecular formula is C22H31N5. The number of aryl methyl sites for hydroxylation is 1. The number of rotatable bonds is 5. The molecular weight excluding hydrogens is 334 g/mol. The summed E-state index contributed by atoms with van der Waals surface area (Å²) in [5.41, 5.74) is 2.90. The smallest absolute Gasteiger partial charge is 0.224 e. The molecule has 0 aliphatic carbocycles. The van der Waals surface area contributed by atoms with Gasteiger partial charge in [0.05, 0.1) is 0 Å². The molecule has 27 heavy (non-hydrogen) atoms. The first-order valence-corrected chi connectivity index (χ1v) is 10.2. The zero-order valence-corrected chi connectivity index (χ0v) is 16.6. The average molecular weight is 366 g/mol. The summed E-state index contributed by atoms with van der Waals surface area (Å²) >= 11 is 0. The Morgan fingerprint density at radius 1 is 1.07 bits per heavy atom. The van der Waals surface area contributed by atoms with Gasteiger partial charge in [-0.15, -0.1) is 0 Å². The highest BCUT2D eigenvalue weighted by Crippen LogP contribution is 2.40. The van der Waals surface area contributed by atoms with Gasteiger partial charge in [0.25, 0.3) is 0 Å². The third kappa shape index (κ3) is 4.24. The van der Waals surface area contributed by atoms with Gasteiger partial charge in [-0.05, 0) is 44.7 Å². The summed E-state index contributed by atoms with van der Waals surface area (Å²) in [5, 5.41) is 3.08. The fourth-order valence-corrected chi connectivity index (χ4v) is 4.72. The van der Waals surface area contributed by atoms with Crippen LogP contribution in [0.1, 0.15) is 30.5 Å². The lowest BCUT2D eigenvalue weighted by atomic mass is 9.79. The first-order valence-electron chi connectivity index (χ1n) is 10.2. The van der Waals surface area contributed by atoms with Crippen molar-refractivity contribution in [1.29, 1.82) is 0 Å². The molecule has 5 heteroatoms. The normalized spacial score (nSPS) is 23.1. The Balaban J connectivity index is 1.40. The van der Waals surface area contributed by atoms with Crippen LogP contribution in [0, 0.1) is 12.3 Å². The molecule has 1 atom stereocenters. The fraction of sp³-hybridized carbons (Fsp3) is 0.545. The number of piperidine rings is 1. The number of nitrogens with zero attached hydrogens (tertiary/aromatic N) is 4. The summed E-state index contributed by atoms with van der Waals surface area (Å²) in [6.45, 7) is 7.90. The minimum Gasteiger partial charge on any atom is -0.357 e. The number of nitrogens with one attached hydrogen (secondary N) is 1. The number of hydrogen-bond donors (Lipinski definition) is 1. The second kappa shape index (κ2) is 7.85. The van der Waals surface area contributed by atoms with Gasteiger partial charge in [0.15, 0.2) is 0 Å². The van der Waals surface area contributed by atoms with Crippen LogP contribution in [-0.4, -0.2) is 54.6 Å². The monoisotopic (exact) mass is 365 g/mol. The van der Waals surface area contributed by atoms with Crippen molar-refractivity contribution in [2.75, 3.05) is 50.0 Å². The van der Waals surface area contributed by atoms with E-state index in [0.29, 0.717) is 5.41 Å². The molecule has 0 amide bonds. The van der Waals surface area contributed by atoms with Crippen molar-refractivity contribution in [1.82, 2.24) is 14.9 Å². The fourth-order valence-electron chi connectivity index (χ4n) is 4.72. The Kier molecular flexibility index (Phi) is 5.30. The van der Waals surface area contributed by atoms with Crippen LogP contribution in [0.4, 0.5) is 11.8 Å². The van der Waals surface area contributed by atoms with Crippen LogP contribution in [0.5, 0.6) is 0 Å². The first-order chi connectivity index (χ1) is 13.2. The van der Waals surface area contributed by atoms with Gasteiger partial charge in [0.2, 0.25) is 5.95 Å². The summed E-state index contributed by atoms with van der Waals surface area (Å²) in [4.78, 5) is 14.3. The van der Waals surface area contributed by atoms with E-state index in [1.54, 1.807) is 0 Å². The Morgan fingerprint density at radius 2 is 1.93 bits per heavy atom. The van der Waals surface area contributed by atoms with Crippen molar-refractivity contribution in [2.45, 2.75) is 32.6 Å². The lowest BCUT2D eigenvalue weighted by Gasteiger charge is -2.40. The van der Waals surface area contributed by atoms with E-state index >= 15 is 0 Å². The van der Waals surface area contributed by atoms with Crippen LogP contribution >= 0.6 is 0 Å². The lowest BCUT2D eigenvalue weighted by Crippen LogP contribution is -2.45. The summed E-state index contributed by atoms with van der Waals surface area (Å²) in [6.07, 6.45) is 5.07. The largest absolute Gasteiger partial charge is 0.357 e. The molecule has 2 fully saturated rings. The second-order valence-corrected chi connectivity index (χ2v) is 8.23. The Morgan fingerprint density at radius 3 is 2.74 bits per heavy atom. The van der Waals surface area contributed by atoms with Gasteiger partial charge < -0.3 is 15.1 Å². The van der Waals surface area contributed by atoms with E-state index in [9.17, 15) is 0 Å². The first kappa shape index (κ1) is 18.2. The molecule has 2 saturated heterocycles. The average Bonchev–Trinajstić information content (AvgIpc) is 3.10. The Bertz CT molecular complexity index is 763. The van der Waals surface area contributed by atoms with Crippen molar-refractivity contribution < 1.29 is 0 Å². The third-order valence-corrected chi connectivity index (χ3v) is 6.13. The molecule has 0 bridgehead atoms. The molecule has 3 heterocycles. The third-order valence-electron chi connectivity index (χ3n) is 6.13. The summed E-state index contributed by atoms with van der Waals surface area (Å²) in [5.74, 6) is 1.80. The minimum atomic E-state index is 0.424. The van der Waals surface area contributed by atoms with E-state index in [4.69, 9.17) is 4.98 Å². The van der Waals surface area contributed by atoms with Gasteiger partial charge in [-0.25, -0.2) is 4.98 Å². The SMILES string of the molecule is CNc1nc(C)cc(N2CC[C@@]3(CCCN(CCc4ccccc4)C3)C2)n1. The van der Waals surface area contributed by atoms with Crippen LogP contribution in [0.3, 0.4) is 0 Å². The predicted molar refractivity (Wildman–Crippen MR) is 111 cm³/mol. The molecule has 5 nitrogen and oxygen atoms in total. The molecule has 1 N–H and O–H groups in total. The predicted octanol–water partition coefficient (Wildman–Crippen LogP) is 3.36. The number of hydrogen-bond acceptors (Lipinski definition) is 5. The van der Waals surface area contributed by atoms with Crippen molar-refractivity contribution in [3.05, 3.63) is 47.7 Å². The van der Waals surface area contributed by atoms with Crippen LogP contribution in [0.2, 0.25) is 0 Å². The van der Waals surface area contributed by atoms with Gasteiger partial charge in [-0.1, -0.05) is 30.3 Å². The van der Waals surface area contributed by atoms with Gasteiger partial charge >= 0.3 is 0 Å².